The molecule has 3 rings (SSSR count). The Bertz CT molecular complexity index is 912. The minimum atomic E-state index is -0.278. The fourth-order valence-electron chi connectivity index (χ4n) is 3.84. The van der Waals surface area contributed by atoms with Crippen LogP contribution in [-0.2, 0) is 4.79 Å². The predicted octanol–water partition coefficient (Wildman–Crippen LogP) is 3.94. The first kappa shape index (κ1) is 21.4. The van der Waals surface area contributed by atoms with Crippen LogP contribution in [0.1, 0.15) is 23.5 Å². The fraction of sp³-hybridized carbons (Fsp3) is 0.333. The first-order valence-corrected chi connectivity index (χ1v) is 10.1. The van der Waals surface area contributed by atoms with E-state index in [1.807, 2.05) is 37.3 Å². The predicted molar refractivity (Wildman–Crippen MR) is 119 cm³/mol. The number of carbonyl (C=O) groups is 2. The Balaban J connectivity index is 1.79. The van der Waals surface area contributed by atoms with Crippen molar-refractivity contribution in [2.75, 3.05) is 32.1 Å². The van der Waals surface area contributed by atoms with E-state index in [4.69, 9.17) is 4.74 Å². The van der Waals surface area contributed by atoms with Crippen LogP contribution in [0.25, 0.3) is 0 Å². The van der Waals surface area contributed by atoms with Gasteiger partial charge in [-0.15, -0.1) is 6.58 Å². The molecule has 3 amide bonds. The van der Waals surface area contributed by atoms with Gasteiger partial charge in [-0.3, -0.25) is 4.79 Å². The highest BCUT2D eigenvalue weighted by atomic mass is 16.5. The smallest absolute Gasteiger partial charge is 0.321 e. The first-order chi connectivity index (χ1) is 14.5. The molecule has 0 bridgehead atoms. The van der Waals surface area contributed by atoms with Crippen LogP contribution in [0.3, 0.4) is 0 Å². The molecule has 1 heterocycles. The van der Waals surface area contributed by atoms with E-state index in [1.165, 1.54) is 0 Å². The molecule has 2 aromatic carbocycles. The second-order valence-corrected chi connectivity index (χ2v) is 7.64. The van der Waals surface area contributed by atoms with Gasteiger partial charge in [-0.1, -0.05) is 42.0 Å². The third-order valence-corrected chi connectivity index (χ3v) is 5.36. The molecule has 1 aliphatic heterocycles. The maximum atomic E-state index is 13.0. The Morgan fingerprint density at radius 1 is 1.20 bits per heavy atom. The molecule has 0 radical (unpaired) electrons. The minimum Gasteiger partial charge on any atom is -0.497 e. The van der Waals surface area contributed by atoms with Crippen molar-refractivity contribution in [3.63, 3.8) is 0 Å². The lowest BCUT2D eigenvalue weighted by molar-refractivity contribution is -0.126. The lowest BCUT2D eigenvalue weighted by Gasteiger charge is -2.37. The average Bonchev–Trinajstić information content (AvgIpc) is 2.77. The summed E-state index contributed by atoms with van der Waals surface area (Å²) >= 11 is 0. The van der Waals surface area contributed by atoms with Crippen molar-refractivity contribution in [2.45, 2.75) is 19.3 Å². The van der Waals surface area contributed by atoms with E-state index in [0.29, 0.717) is 37.5 Å². The summed E-state index contributed by atoms with van der Waals surface area (Å²) in [5.41, 5.74) is 2.97. The zero-order valence-electron chi connectivity index (χ0n) is 17.6. The summed E-state index contributed by atoms with van der Waals surface area (Å²) in [7, 11) is 1.59. The molecule has 2 N–H and O–H groups in total. The molecule has 0 aromatic heterocycles. The van der Waals surface area contributed by atoms with Crippen molar-refractivity contribution >= 4 is 17.6 Å². The molecule has 2 atom stereocenters. The van der Waals surface area contributed by atoms with Crippen molar-refractivity contribution in [2.24, 2.45) is 5.92 Å². The Kier molecular flexibility index (Phi) is 7.12. The molecular formula is C24H29N3O3. The number of urea groups is 1. The Labute approximate surface area is 177 Å². The van der Waals surface area contributed by atoms with Crippen LogP contribution in [0.5, 0.6) is 5.75 Å². The van der Waals surface area contributed by atoms with E-state index in [1.54, 1.807) is 24.2 Å². The zero-order valence-corrected chi connectivity index (χ0v) is 17.6. The van der Waals surface area contributed by atoms with E-state index in [-0.39, 0.29) is 23.8 Å². The number of amides is 3. The van der Waals surface area contributed by atoms with Gasteiger partial charge in [0.15, 0.2) is 0 Å². The van der Waals surface area contributed by atoms with E-state index in [0.717, 1.165) is 11.1 Å². The normalized spacial score (nSPS) is 18.4. The average molecular weight is 408 g/mol. The molecule has 2 aromatic rings. The molecule has 1 fully saturated rings. The monoisotopic (exact) mass is 407 g/mol. The molecule has 0 aliphatic carbocycles. The van der Waals surface area contributed by atoms with Crippen molar-refractivity contribution in [1.82, 2.24) is 10.2 Å². The summed E-state index contributed by atoms with van der Waals surface area (Å²) in [6.07, 6.45) is 2.36. The van der Waals surface area contributed by atoms with Gasteiger partial charge in [-0.25, -0.2) is 4.79 Å². The van der Waals surface area contributed by atoms with E-state index in [2.05, 4.69) is 29.3 Å². The maximum absolute atomic E-state index is 13.0. The van der Waals surface area contributed by atoms with Crippen LogP contribution in [-0.4, -0.2) is 43.6 Å². The number of methoxy groups -OCH3 is 1. The van der Waals surface area contributed by atoms with E-state index < -0.39 is 0 Å². The first-order valence-electron chi connectivity index (χ1n) is 10.1. The van der Waals surface area contributed by atoms with Gasteiger partial charge < -0.3 is 20.3 Å². The number of nitrogens with zero attached hydrogens (tertiary/aromatic N) is 1. The summed E-state index contributed by atoms with van der Waals surface area (Å²) in [4.78, 5) is 27.4. The molecule has 0 spiro atoms. The Morgan fingerprint density at radius 3 is 2.73 bits per heavy atom. The van der Waals surface area contributed by atoms with Crippen LogP contribution in [0.2, 0.25) is 0 Å². The third kappa shape index (κ3) is 5.41. The fourth-order valence-corrected chi connectivity index (χ4v) is 3.84. The molecule has 0 saturated carbocycles. The number of rotatable bonds is 6. The van der Waals surface area contributed by atoms with Gasteiger partial charge >= 0.3 is 6.03 Å². The minimum absolute atomic E-state index is 0.0496. The van der Waals surface area contributed by atoms with Crippen molar-refractivity contribution in [3.8, 4) is 5.75 Å². The third-order valence-electron chi connectivity index (χ3n) is 5.36. The highest BCUT2D eigenvalue weighted by Crippen LogP contribution is 2.31. The summed E-state index contributed by atoms with van der Waals surface area (Å²) in [6, 6.07) is 15.3. The number of likely N-dealkylation sites (tertiary alicyclic amines) is 1. The van der Waals surface area contributed by atoms with E-state index in [9.17, 15) is 9.59 Å². The number of hydrogen-bond donors (Lipinski definition) is 2. The van der Waals surface area contributed by atoms with Gasteiger partial charge in [0.1, 0.15) is 5.75 Å². The van der Waals surface area contributed by atoms with Gasteiger partial charge in [0, 0.05) is 37.3 Å². The number of anilines is 1. The second-order valence-electron chi connectivity index (χ2n) is 7.64. The lowest BCUT2D eigenvalue weighted by atomic mass is 9.83. The van der Waals surface area contributed by atoms with Crippen LogP contribution in [0.15, 0.2) is 61.2 Å². The SMILES string of the molecule is C=CCNC(=O)[C@@H]1C[C@@H](c2cccc(C)c2)CN(C(=O)Nc2cccc(OC)c2)C1. The molecule has 30 heavy (non-hydrogen) atoms. The van der Waals surface area contributed by atoms with Crippen LogP contribution in [0.4, 0.5) is 10.5 Å². The van der Waals surface area contributed by atoms with Crippen molar-refractivity contribution in [1.29, 1.82) is 0 Å². The molecular weight excluding hydrogens is 378 g/mol. The molecule has 0 unspecified atom stereocenters. The van der Waals surface area contributed by atoms with Gasteiger partial charge in [-0.2, -0.15) is 0 Å². The second kappa shape index (κ2) is 9.96. The van der Waals surface area contributed by atoms with Gasteiger partial charge in [-0.05, 0) is 31.0 Å². The number of carbonyl (C=O) groups excluding carboxylic acids is 2. The largest absolute Gasteiger partial charge is 0.497 e. The molecule has 1 aliphatic rings. The number of nitrogens with one attached hydrogen (secondary N) is 2. The molecule has 6 nitrogen and oxygen atoms in total. The number of aryl methyl sites for hydroxylation is 1. The van der Waals surface area contributed by atoms with Crippen molar-refractivity contribution < 1.29 is 14.3 Å². The number of ether oxygens (including phenoxy) is 1. The van der Waals surface area contributed by atoms with E-state index >= 15 is 0 Å². The highest BCUT2D eigenvalue weighted by Gasteiger charge is 2.34. The Hall–Kier alpha value is -3.28. The summed E-state index contributed by atoms with van der Waals surface area (Å²) in [5, 5.41) is 5.81. The quantitative estimate of drug-likeness (QED) is 0.713. The summed E-state index contributed by atoms with van der Waals surface area (Å²) < 4.78 is 5.23. The maximum Gasteiger partial charge on any atom is 0.321 e. The van der Waals surface area contributed by atoms with Gasteiger partial charge in [0.2, 0.25) is 5.91 Å². The standard InChI is InChI=1S/C24H29N3O3/c1-4-11-25-23(28)20-13-19(18-8-5-7-17(2)12-18)15-27(16-20)24(29)26-21-9-6-10-22(14-21)30-3/h4-10,12,14,19-20H,1,11,13,15-16H2,2-3H3,(H,25,28)(H,26,29)/t19-,20-/m1/s1. The topological polar surface area (TPSA) is 70.7 Å². The van der Waals surface area contributed by atoms with Crippen molar-refractivity contribution in [3.05, 3.63) is 72.3 Å². The van der Waals surface area contributed by atoms with Gasteiger partial charge in [0.25, 0.3) is 0 Å². The van der Waals surface area contributed by atoms with Crippen LogP contribution >= 0.6 is 0 Å². The zero-order chi connectivity index (χ0) is 21.5. The van der Waals surface area contributed by atoms with Crippen LogP contribution in [0, 0.1) is 12.8 Å². The number of benzene rings is 2. The molecule has 158 valence electrons. The highest BCUT2D eigenvalue weighted by molar-refractivity contribution is 5.90. The summed E-state index contributed by atoms with van der Waals surface area (Å²) in [6.45, 7) is 7.06. The molecule has 6 heteroatoms. The summed E-state index contributed by atoms with van der Waals surface area (Å²) in [5.74, 6) is 0.437. The molecule has 1 saturated heterocycles. The number of hydrogen-bond acceptors (Lipinski definition) is 3. The van der Waals surface area contributed by atoms with Gasteiger partial charge in [0.05, 0.1) is 13.0 Å². The van der Waals surface area contributed by atoms with Crippen LogP contribution < -0.4 is 15.4 Å². The number of piperidine rings is 1. The lowest BCUT2D eigenvalue weighted by Crippen LogP contribution is -2.49. The Morgan fingerprint density at radius 2 is 2.00 bits per heavy atom.